The molecule has 0 spiro atoms. The van der Waals surface area contributed by atoms with Crippen LogP contribution in [0.3, 0.4) is 0 Å². The summed E-state index contributed by atoms with van der Waals surface area (Å²) < 4.78 is 34.0. The summed E-state index contributed by atoms with van der Waals surface area (Å²) in [6.07, 6.45) is 0.530. The van der Waals surface area contributed by atoms with Crippen molar-refractivity contribution in [1.29, 1.82) is 0 Å². The highest BCUT2D eigenvalue weighted by atomic mass is 35.5. The van der Waals surface area contributed by atoms with E-state index in [2.05, 4.69) is 4.99 Å². The number of halogens is 1. The quantitative estimate of drug-likeness (QED) is 0.313. The van der Waals surface area contributed by atoms with Crippen LogP contribution in [-0.2, 0) is 14.8 Å². The molecule has 3 aromatic carbocycles. The number of ether oxygens (including phenoxy) is 1. The molecule has 10 nitrogen and oxygen atoms in total. The molecule has 224 valence electrons. The Hall–Kier alpha value is -4.19. The van der Waals surface area contributed by atoms with Gasteiger partial charge in [-0.2, -0.15) is 14.0 Å². The summed E-state index contributed by atoms with van der Waals surface area (Å²) in [4.78, 5) is 31.0. The lowest BCUT2D eigenvalue weighted by Gasteiger charge is -2.34. The van der Waals surface area contributed by atoms with E-state index in [1.165, 1.54) is 16.6 Å². The Morgan fingerprint density at radius 3 is 2.19 bits per heavy atom. The first-order chi connectivity index (χ1) is 20.3. The van der Waals surface area contributed by atoms with Crippen molar-refractivity contribution in [3.05, 3.63) is 95.1 Å². The van der Waals surface area contributed by atoms with E-state index in [4.69, 9.17) is 16.3 Å². The van der Waals surface area contributed by atoms with Crippen LogP contribution < -0.4 is 5.49 Å². The maximum Gasteiger partial charge on any atom is 0.436 e. The zero-order valence-electron chi connectivity index (χ0n) is 23.9. The Morgan fingerprint density at radius 1 is 0.860 bits per heavy atom. The molecule has 0 unspecified atom stereocenters. The number of carbonyl (C=O) groups excluding carboxylic acids is 2. The van der Waals surface area contributed by atoms with E-state index in [1.54, 1.807) is 92.4 Å². The molecule has 2 heterocycles. The van der Waals surface area contributed by atoms with Gasteiger partial charge in [0.25, 0.3) is 5.91 Å². The van der Waals surface area contributed by atoms with Crippen LogP contribution in [0.4, 0.5) is 4.79 Å². The van der Waals surface area contributed by atoms with Gasteiger partial charge in [0.05, 0.1) is 4.90 Å². The molecule has 0 saturated carbocycles. The monoisotopic (exact) mass is 622 g/mol. The average molecular weight is 623 g/mol. The number of amides is 2. The number of pyridine rings is 1. The van der Waals surface area contributed by atoms with E-state index < -0.39 is 21.7 Å². The van der Waals surface area contributed by atoms with Gasteiger partial charge in [-0.1, -0.05) is 35.9 Å². The zero-order valence-corrected chi connectivity index (χ0v) is 25.5. The maximum absolute atomic E-state index is 13.3. The summed E-state index contributed by atoms with van der Waals surface area (Å²) in [6.45, 7) is 6.04. The number of rotatable bonds is 4. The summed E-state index contributed by atoms with van der Waals surface area (Å²) in [6, 6.07) is 20.3. The molecular formula is C31H31ClN4O6S. The molecular weight excluding hydrogens is 592 g/mol. The van der Waals surface area contributed by atoms with Crippen molar-refractivity contribution in [2.24, 2.45) is 4.99 Å². The van der Waals surface area contributed by atoms with Gasteiger partial charge in [0.15, 0.2) is 5.49 Å². The smallest absolute Gasteiger partial charge is 0.436 e. The van der Waals surface area contributed by atoms with Crippen molar-refractivity contribution in [3.8, 4) is 11.1 Å². The molecule has 1 aliphatic heterocycles. The number of fused-ring (bicyclic) bond motifs is 1. The molecule has 5 rings (SSSR count). The van der Waals surface area contributed by atoms with E-state index in [0.717, 1.165) is 21.1 Å². The van der Waals surface area contributed by atoms with E-state index in [0.29, 0.717) is 16.1 Å². The highest BCUT2D eigenvalue weighted by Crippen LogP contribution is 2.26. The fourth-order valence-electron chi connectivity index (χ4n) is 4.75. The Kier molecular flexibility index (Phi) is 8.33. The van der Waals surface area contributed by atoms with Gasteiger partial charge in [-0.25, -0.2) is 13.2 Å². The van der Waals surface area contributed by atoms with Gasteiger partial charge in [-0.3, -0.25) is 4.79 Å². The molecule has 1 fully saturated rings. The zero-order chi connectivity index (χ0) is 30.9. The summed E-state index contributed by atoms with van der Waals surface area (Å²) in [5.41, 5.74) is 1.13. The fourth-order valence-corrected chi connectivity index (χ4v) is 6.38. The number of hydrogen-bond donors (Lipinski definition) is 1. The van der Waals surface area contributed by atoms with Crippen molar-refractivity contribution in [1.82, 2.24) is 13.9 Å². The lowest BCUT2D eigenvalue weighted by atomic mass is 10.0. The number of piperazine rings is 1. The second-order valence-electron chi connectivity index (χ2n) is 11.1. The largest absolute Gasteiger partial charge is 0.442 e. The summed E-state index contributed by atoms with van der Waals surface area (Å²) in [7, 11) is -3.73. The van der Waals surface area contributed by atoms with Crippen LogP contribution in [0, 0.1) is 0 Å². The van der Waals surface area contributed by atoms with E-state index in [9.17, 15) is 23.2 Å². The highest BCUT2D eigenvalue weighted by Gasteiger charge is 2.30. The van der Waals surface area contributed by atoms with Crippen LogP contribution in [0.1, 0.15) is 31.1 Å². The molecule has 1 saturated heterocycles. The highest BCUT2D eigenvalue weighted by molar-refractivity contribution is 7.89. The van der Waals surface area contributed by atoms with Gasteiger partial charge in [-0.05, 0) is 91.2 Å². The summed E-state index contributed by atoms with van der Waals surface area (Å²) in [5, 5.41) is 12.3. The number of sulfonamides is 1. The molecule has 0 atom stereocenters. The van der Waals surface area contributed by atoms with Crippen LogP contribution in [0.5, 0.6) is 0 Å². The lowest BCUT2D eigenvalue weighted by Crippen LogP contribution is -2.50. The van der Waals surface area contributed by atoms with E-state index in [1.807, 2.05) is 0 Å². The van der Waals surface area contributed by atoms with Crippen molar-refractivity contribution in [2.75, 3.05) is 26.2 Å². The van der Waals surface area contributed by atoms with Crippen LogP contribution in [0.2, 0.25) is 5.02 Å². The van der Waals surface area contributed by atoms with Crippen molar-refractivity contribution in [2.45, 2.75) is 31.3 Å². The molecule has 43 heavy (non-hydrogen) atoms. The minimum Gasteiger partial charge on any atom is -0.442 e. The van der Waals surface area contributed by atoms with Crippen molar-refractivity contribution >= 4 is 44.4 Å². The first-order valence-corrected chi connectivity index (χ1v) is 15.4. The number of carbonyl (C=O) groups is 2. The minimum atomic E-state index is -3.73. The number of nitrogens with zero attached hydrogens (tertiary/aromatic N) is 4. The molecule has 1 aromatic heterocycles. The average Bonchev–Trinajstić information content (AvgIpc) is 2.97. The van der Waals surface area contributed by atoms with Gasteiger partial charge in [0.2, 0.25) is 10.0 Å². The third kappa shape index (κ3) is 6.90. The molecule has 1 N–H and O–H groups in total. The third-order valence-electron chi connectivity index (χ3n) is 6.92. The summed E-state index contributed by atoms with van der Waals surface area (Å²) in [5.74, 6) is -0.201. The Morgan fingerprint density at radius 2 is 1.51 bits per heavy atom. The minimum absolute atomic E-state index is 0.00665. The molecule has 0 radical (unpaired) electrons. The van der Waals surface area contributed by atoms with E-state index in [-0.39, 0.29) is 42.5 Å². The molecule has 2 amide bonds. The van der Waals surface area contributed by atoms with Gasteiger partial charge >= 0.3 is 6.09 Å². The van der Waals surface area contributed by atoms with Crippen LogP contribution in [0.25, 0.3) is 21.9 Å². The Labute approximate surface area is 254 Å². The van der Waals surface area contributed by atoms with Crippen molar-refractivity contribution in [3.63, 3.8) is 0 Å². The predicted molar refractivity (Wildman–Crippen MR) is 162 cm³/mol. The topological polar surface area (TPSA) is 122 Å². The molecule has 0 aliphatic carbocycles. The van der Waals surface area contributed by atoms with Gasteiger partial charge in [0.1, 0.15) is 5.60 Å². The Bertz CT molecular complexity index is 1870. The normalized spacial score (nSPS) is 15.1. The summed E-state index contributed by atoms with van der Waals surface area (Å²) >= 11 is 6.05. The van der Waals surface area contributed by atoms with E-state index >= 15 is 0 Å². The Balaban J connectivity index is 1.25. The number of hydrogen-bond acceptors (Lipinski definition) is 6. The molecule has 0 bridgehead atoms. The predicted octanol–water partition coefficient (Wildman–Crippen LogP) is 5.18. The molecule has 12 heteroatoms. The van der Waals surface area contributed by atoms with Crippen molar-refractivity contribution < 1.29 is 28.0 Å². The van der Waals surface area contributed by atoms with Crippen LogP contribution in [0.15, 0.2) is 88.9 Å². The SMILES string of the molecule is CC(C)(C)OC(=O)/N=c1/cc(-c2ccc(C(=O)N3CCN(S(=O)(=O)c4ccc5cc(Cl)ccc5c4)CC3)cc2)ccn1O. The number of aromatic nitrogens is 1. The maximum atomic E-state index is 13.3. The fraction of sp³-hybridized carbons (Fsp3) is 0.258. The third-order valence-corrected chi connectivity index (χ3v) is 9.05. The second-order valence-corrected chi connectivity index (χ2v) is 13.5. The van der Waals surface area contributed by atoms with Gasteiger partial charge < -0.3 is 14.8 Å². The first-order valence-electron chi connectivity index (χ1n) is 13.6. The standard InChI is InChI=1S/C31H31ClN4O6S/c1-31(2,3)42-30(38)33-28-20-25(12-13-36(28)39)21-4-6-22(7-5-21)29(37)34-14-16-35(17-15-34)43(40,41)27-11-9-23-18-26(32)10-8-24(23)19-27/h4-13,18-20,39H,14-17H2,1-3H3/b33-28-. The molecule has 4 aromatic rings. The molecule has 1 aliphatic rings. The second kappa shape index (κ2) is 11.8. The van der Waals surface area contributed by atoms with Crippen LogP contribution in [-0.4, -0.2) is 71.3 Å². The van der Waals surface area contributed by atoms with Gasteiger partial charge in [0, 0.05) is 43.0 Å². The van der Waals surface area contributed by atoms with Crippen LogP contribution >= 0.6 is 11.6 Å². The first kappa shape index (κ1) is 30.3. The van der Waals surface area contributed by atoms with Gasteiger partial charge in [-0.15, -0.1) is 0 Å². The lowest BCUT2D eigenvalue weighted by molar-refractivity contribution is 0.0586. The number of benzene rings is 3.